The minimum atomic E-state index is -0.887. The van der Waals surface area contributed by atoms with Gasteiger partial charge < -0.3 is 14.3 Å². The molecule has 2 aromatic carbocycles. The molecule has 1 aliphatic rings. The number of benzene rings is 2. The standard InChI is InChI=1S/C29H31NO5/c1-16(2)15-34-23-12-9-21(14-19(23)5)27(31)25-26(24-11-8-20(6)35-24)30(29(33)28(25)32)22-10-7-17(3)13-18(22)4/h7-14,16,26,31H,15H2,1-6H3/b27-25-. The SMILES string of the molecule is Cc1ccc(N2C(=O)C(=O)/C(=C(\O)c3ccc(OCC(C)C)c(C)c3)C2c2ccc(C)o2)c(C)c1. The minimum Gasteiger partial charge on any atom is -0.507 e. The number of aliphatic hydroxyl groups excluding tert-OH is 1. The van der Waals surface area contributed by atoms with Crippen LogP contribution in [0.2, 0.25) is 0 Å². The van der Waals surface area contributed by atoms with Gasteiger partial charge in [0.25, 0.3) is 11.7 Å². The summed E-state index contributed by atoms with van der Waals surface area (Å²) in [6.07, 6.45) is 0. The van der Waals surface area contributed by atoms with Gasteiger partial charge in [-0.05, 0) is 81.1 Å². The minimum absolute atomic E-state index is 0.000395. The number of Topliss-reactive ketones (excluding diaryl/α,β-unsaturated/α-hetero) is 1. The molecule has 6 nitrogen and oxygen atoms in total. The second-order valence-corrected chi connectivity index (χ2v) is 9.59. The number of nitrogens with zero attached hydrogens (tertiary/aromatic N) is 1. The first-order valence-electron chi connectivity index (χ1n) is 11.8. The molecule has 1 amide bonds. The molecule has 1 unspecified atom stereocenters. The van der Waals surface area contributed by atoms with Crippen molar-refractivity contribution in [2.45, 2.75) is 47.6 Å². The highest BCUT2D eigenvalue weighted by molar-refractivity contribution is 6.51. The van der Waals surface area contributed by atoms with Gasteiger partial charge in [-0.25, -0.2) is 0 Å². The van der Waals surface area contributed by atoms with Crippen LogP contribution in [0.25, 0.3) is 5.76 Å². The maximum absolute atomic E-state index is 13.3. The number of amides is 1. The molecule has 1 saturated heterocycles. The second-order valence-electron chi connectivity index (χ2n) is 9.59. The number of rotatable bonds is 6. The third kappa shape index (κ3) is 4.61. The average molecular weight is 474 g/mol. The summed E-state index contributed by atoms with van der Waals surface area (Å²) in [5.74, 6) is 0.453. The van der Waals surface area contributed by atoms with Crippen molar-refractivity contribution in [3.8, 4) is 5.75 Å². The van der Waals surface area contributed by atoms with Gasteiger partial charge in [-0.15, -0.1) is 0 Å². The number of ether oxygens (including phenoxy) is 1. The molecule has 1 atom stereocenters. The van der Waals surface area contributed by atoms with Crippen LogP contribution in [0.4, 0.5) is 5.69 Å². The Morgan fingerprint density at radius 3 is 2.34 bits per heavy atom. The van der Waals surface area contributed by atoms with E-state index < -0.39 is 17.7 Å². The molecule has 182 valence electrons. The number of furan rings is 1. The van der Waals surface area contributed by atoms with E-state index in [-0.39, 0.29) is 11.3 Å². The molecule has 1 aromatic heterocycles. The topological polar surface area (TPSA) is 80.0 Å². The highest BCUT2D eigenvalue weighted by atomic mass is 16.5. The predicted octanol–water partition coefficient (Wildman–Crippen LogP) is 6.17. The summed E-state index contributed by atoms with van der Waals surface area (Å²) in [5.41, 5.74) is 3.75. The van der Waals surface area contributed by atoms with E-state index in [9.17, 15) is 14.7 Å². The number of ketones is 1. The molecule has 0 bridgehead atoms. The number of carbonyl (C=O) groups excluding carboxylic acids is 2. The molecular formula is C29H31NO5. The summed E-state index contributed by atoms with van der Waals surface area (Å²) in [6, 6.07) is 13.5. The van der Waals surface area contributed by atoms with Gasteiger partial charge in [0.1, 0.15) is 29.1 Å². The molecular weight excluding hydrogens is 442 g/mol. The van der Waals surface area contributed by atoms with Crippen molar-refractivity contribution in [1.29, 1.82) is 0 Å². The summed E-state index contributed by atoms with van der Waals surface area (Å²) >= 11 is 0. The first kappa shape index (κ1) is 24.3. The number of hydrogen-bond acceptors (Lipinski definition) is 5. The fourth-order valence-electron chi connectivity index (χ4n) is 4.40. The number of hydrogen-bond donors (Lipinski definition) is 1. The molecule has 0 spiro atoms. The summed E-state index contributed by atoms with van der Waals surface area (Å²) in [5, 5.41) is 11.4. The number of aryl methyl sites for hydroxylation is 4. The maximum atomic E-state index is 13.3. The largest absolute Gasteiger partial charge is 0.507 e. The Hall–Kier alpha value is -3.80. The Morgan fingerprint density at radius 2 is 1.74 bits per heavy atom. The van der Waals surface area contributed by atoms with Gasteiger partial charge in [0.15, 0.2) is 0 Å². The van der Waals surface area contributed by atoms with Crippen molar-refractivity contribution in [2.24, 2.45) is 5.92 Å². The van der Waals surface area contributed by atoms with Crippen molar-refractivity contribution >= 4 is 23.1 Å². The van der Waals surface area contributed by atoms with Crippen molar-refractivity contribution in [3.63, 3.8) is 0 Å². The van der Waals surface area contributed by atoms with Gasteiger partial charge in [-0.3, -0.25) is 14.5 Å². The first-order valence-corrected chi connectivity index (χ1v) is 11.8. The molecule has 35 heavy (non-hydrogen) atoms. The van der Waals surface area contributed by atoms with E-state index in [4.69, 9.17) is 9.15 Å². The normalized spacial score (nSPS) is 17.5. The van der Waals surface area contributed by atoms with E-state index in [1.54, 1.807) is 37.3 Å². The van der Waals surface area contributed by atoms with Gasteiger partial charge in [0, 0.05) is 11.3 Å². The fourth-order valence-corrected chi connectivity index (χ4v) is 4.40. The average Bonchev–Trinajstić information content (AvgIpc) is 3.33. The lowest BCUT2D eigenvalue weighted by Crippen LogP contribution is -2.30. The number of carbonyl (C=O) groups is 2. The van der Waals surface area contributed by atoms with Crippen LogP contribution in [0.3, 0.4) is 0 Å². The summed E-state index contributed by atoms with van der Waals surface area (Å²) in [7, 11) is 0. The lowest BCUT2D eigenvalue weighted by molar-refractivity contribution is -0.132. The summed E-state index contributed by atoms with van der Waals surface area (Å²) in [4.78, 5) is 28.1. The van der Waals surface area contributed by atoms with Gasteiger partial charge in [0.05, 0.1) is 12.2 Å². The van der Waals surface area contributed by atoms with E-state index in [1.807, 2.05) is 39.0 Å². The van der Waals surface area contributed by atoms with Crippen LogP contribution in [0.1, 0.15) is 53.7 Å². The Labute approximate surface area is 205 Å². The second kappa shape index (κ2) is 9.45. The summed E-state index contributed by atoms with van der Waals surface area (Å²) in [6.45, 7) is 12.3. The van der Waals surface area contributed by atoms with Crippen LogP contribution in [-0.4, -0.2) is 23.4 Å². The monoisotopic (exact) mass is 473 g/mol. The quantitative estimate of drug-likeness (QED) is 0.263. The zero-order valence-electron chi connectivity index (χ0n) is 21.0. The van der Waals surface area contributed by atoms with E-state index in [0.717, 1.165) is 16.7 Å². The van der Waals surface area contributed by atoms with E-state index in [0.29, 0.717) is 41.0 Å². The van der Waals surface area contributed by atoms with Crippen molar-refractivity contribution < 1.29 is 23.8 Å². The third-order valence-electron chi connectivity index (χ3n) is 6.11. The van der Waals surface area contributed by atoms with E-state index in [1.165, 1.54) is 4.90 Å². The number of aliphatic hydroxyl groups is 1. The summed E-state index contributed by atoms with van der Waals surface area (Å²) < 4.78 is 11.7. The molecule has 1 fully saturated rings. The molecule has 4 rings (SSSR count). The van der Waals surface area contributed by atoms with Gasteiger partial charge in [-0.2, -0.15) is 0 Å². The van der Waals surface area contributed by atoms with Crippen LogP contribution in [0.15, 0.2) is 58.5 Å². The predicted molar refractivity (Wildman–Crippen MR) is 136 cm³/mol. The van der Waals surface area contributed by atoms with Gasteiger partial charge in [0.2, 0.25) is 0 Å². The highest BCUT2D eigenvalue weighted by Crippen LogP contribution is 2.44. The smallest absolute Gasteiger partial charge is 0.300 e. The first-order chi connectivity index (χ1) is 16.6. The van der Waals surface area contributed by atoms with Crippen LogP contribution >= 0.6 is 0 Å². The van der Waals surface area contributed by atoms with E-state index >= 15 is 0 Å². The van der Waals surface area contributed by atoms with E-state index in [2.05, 4.69) is 13.8 Å². The Bertz CT molecular complexity index is 1330. The van der Waals surface area contributed by atoms with Crippen molar-refractivity contribution in [1.82, 2.24) is 0 Å². The number of anilines is 1. The van der Waals surface area contributed by atoms with Gasteiger partial charge >= 0.3 is 0 Å². The van der Waals surface area contributed by atoms with Gasteiger partial charge in [-0.1, -0.05) is 31.5 Å². The van der Waals surface area contributed by atoms with Crippen LogP contribution in [-0.2, 0) is 9.59 Å². The highest BCUT2D eigenvalue weighted by Gasteiger charge is 2.48. The van der Waals surface area contributed by atoms with Crippen LogP contribution < -0.4 is 9.64 Å². The Kier molecular flexibility index (Phi) is 6.57. The molecule has 0 radical (unpaired) electrons. The van der Waals surface area contributed by atoms with Crippen molar-refractivity contribution in [2.75, 3.05) is 11.5 Å². The molecule has 2 heterocycles. The fraction of sp³-hybridized carbons (Fsp3) is 0.310. The lowest BCUT2D eigenvalue weighted by Gasteiger charge is -2.25. The molecule has 6 heteroatoms. The van der Waals surface area contributed by atoms with Crippen LogP contribution in [0, 0.1) is 33.6 Å². The van der Waals surface area contributed by atoms with Crippen LogP contribution in [0.5, 0.6) is 5.75 Å². The van der Waals surface area contributed by atoms with Crippen molar-refractivity contribution in [3.05, 3.63) is 87.9 Å². The third-order valence-corrected chi connectivity index (χ3v) is 6.11. The Balaban J connectivity index is 1.85. The zero-order valence-corrected chi connectivity index (χ0v) is 21.0. The molecule has 1 N–H and O–H groups in total. The molecule has 1 aliphatic heterocycles. The molecule has 3 aromatic rings. The zero-order chi connectivity index (χ0) is 25.4. The molecule has 0 saturated carbocycles. The lowest BCUT2D eigenvalue weighted by atomic mass is 9.98. The molecule has 0 aliphatic carbocycles. The Morgan fingerprint density at radius 1 is 1.00 bits per heavy atom. The maximum Gasteiger partial charge on any atom is 0.300 e.